The highest BCUT2D eigenvalue weighted by Crippen LogP contribution is 2.31. The maximum absolute atomic E-state index is 12.1. The van der Waals surface area contributed by atoms with Gasteiger partial charge in [0.25, 0.3) is 0 Å². The summed E-state index contributed by atoms with van der Waals surface area (Å²) in [6.45, 7) is 2.91. The average molecular weight is 216 g/mol. The Morgan fingerprint density at radius 1 is 1.27 bits per heavy atom. The van der Waals surface area contributed by atoms with Gasteiger partial charge in [-0.05, 0) is 5.56 Å². The second-order valence-electron chi connectivity index (χ2n) is 3.23. The van der Waals surface area contributed by atoms with Gasteiger partial charge in [0, 0.05) is 12.0 Å². The molecule has 0 saturated heterocycles. The molecule has 0 bridgehead atoms. The lowest BCUT2D eigenvalue weighted by atomic mass is 10.0. The first-order valence-electron chi connectivity index (χ1n) is 4.39. The van der Waals surface area contributed by atoms with E-state index in [2.05, 4.69) is 6.58 Å². The molecule has 0 heterocycles. The minimum absolute atomic E-state index is 0.461. The van der Waals surface area contributed by atoms with Crippen LogP contribution in [-0.2, 0) is 0 Å². The summed E-state index contributed by atoms with van der Waals surface area (Å²) in [7, 11) is 0. The van der Waals surface area contributed by atoms with E-state index in [-0.39, 0.29) is 0 Å². The molecule has 0 amide bonds. The average Bonchev–Trinajstić information content (AvgIpc) is 2.17. The topological polar surface area (TPSA) is 20.2 Å². The van der Waals surface area contributed by atoms with E-state index in [0.29, 0.717) is 5.56 Å². The van der Waals surface area contributed by atoms with Gasteiger partial charge in [-0.2, -0.15) is 13.2 Å². The lowest BCUT2D eigenvalue weighted by Crippen LogP contribution is -2.13. The molecule has 0 aliphatic rings. The first-order chi connectivity index (χ1) is 6.91. The Labute approximate surface area is 85.9 Å². The van der Waals surface area contributed by atoms with Crippen molar-refractivity contribution in [2.75, 3.05) is 0 Å². The molecule has 82 valence electrons. The van der Waals surface area contributed by atoms with Gasteiger partial charge in [-0.1, -0.05) is 36.9 Å². The molecule has 0 aliphatic carbocycles. The van der Waals surface area contributed by atoms with Crippen LogP contribution in [0.2, 0.25) is 0 Å². The van der Waals surface area contributed by atoms with Gasteiger partial charge >= 0.3 is 6.18 Å². The summed E-state index contributed by atoms with van der Waals surface area (Å²) >= 11 is 0. The zero-order valence-corrected chi connectivity index (χ0v) is 7.96. The summed E-state index contributed by atoms with van der Waals surface area (Å²) in [5, 5.41) is 9.49. The molecular weight excluding hydrogens is 205 g/mol. The van der Waals surface area contributed by atoms with Crippen molar-refractivity contribution in [1.29, 1.82) is 0 Å². The van der Waals surface area contributed by atoms with E-state index in [4.69, 9.17) is 0 Å². The minimum atomic E-state index is -4.43. The van der Waals surface area contributed by atoms with Crippen molar-refractivity contribution in [2.45, 2.75) is 18.7 Å². The molecule has 0 spiro atoms. The Morgan fingerprint density at radius 3 is 2.27 bits per heavy atom. The van der Waals surface area contributed by atoms with Crippen molar-refractivity contribution in [3.05, 3.63) is 48.0 Å². The van der Waals surface area contributed by atoms with E-state index in [1.165, 1.54) is 0 Å². The Hall–Kier alpha value is -1.29. The molecule has 1 aromatic carbocycles. The molecule has 0 radical (unpaired) electrons. The first kappa shape index (κ1) is 11.8. The second-order valence-corrected chi connectivity index (χ2v) is 3.23. The van der Waals surface area contributed by atoms with E-state index in [1.54, 1.807) is 30.3 Å². The number of hydrogen-bond donors (Lipinski definition) is 1. The van der Waals surface area contributed by atoms with Crippen LogP contribution >= 0.6 is 0 Å². The van der Waals surface area contributed by atoms with Crippen LogP contribution in [0.1, 0.15) is 18.1 Å². The van der Waals surface area contributed by atoms with Crippen molar-refractivity contribution in [3.8, 4) is 0 Å². The van der Waals surface area contributed by atoms with Crippen molar-refractivity contribution >= 4 is 0 Å². The fraction of sp³-hybridized carbons (Fsp3) is 0.273. The zero-order valence-electron chi connectivity index (χ0n) is 7.96. The number of alkyl halides is 3. The Balaban J connectivity index is 2.65. The van der Waals surface area contributed by atoms with Crippen LogP contribution < -0.4 is 0 Å². The molecule has 0 aliphatic heterocycles. The van der Waals surface area contributed by atoms with Crippen molar-refractivity contribution in [3.63, 3.8) is 0 Å². The van der Waals surface area contributed by atoms with E-state index < -0.39 is 24.3 Å². The van der Waals surface area contributed by atoms with Crippen LogP contribution in [0.5, 0.6) is 0 Å². The smallest absolute Gasteiger partial charge is 0.388 e. The lowest BCUT2D eigenvalue weighted by molar-refractivity contribution is -0.0967. The van der Waals surface area contributed by atoms with E-state index in [1.807, 2.05) is 0 Å². The van der Waals surface area contributed by atoms with Gasteiger partial charge in [-0.3, -0.25) is 0 Å². The Bertz CT molecular complexity index is 329. The molecule has 0 saturated carbocycles. The summed E-state index contributed by atoms with van der Waals surface area (Å²) in [6.07, 6.45) is -6.08. The van der Waals surface area contributed by atoms with Crippen molar-refractivity contribution < 1.29 is 18.3 Å². The summed E-state index contributed by atoms with van der Waals surface area (Å²) in [4.78, 5) is 0. The Kier molecular flexibility index (Phi) is 3.52. The molecule has 1 atom stereocenters. The lowest BCUT2D eigenvalue weighted by Gasteiger charge is -2.14. The molecule has 0 fully saturated rings. The van der Waals surface area contributed by atoms with Gasteiger partial charge in [-0.25, -0.2) is 0 Å². The maximum Gasteiger partial charge on any atom is 0.412 e. The van der Waals surface area contributed by atoms with Gasteiger partial charge in [0.1, 0.15) is 0 Å². The van der Waals surface area contributed by atoms with E-state index in [9.17, 15) is 18.3 Å². The number of halogens is 3. The molecule has 0 aromatic heterocycles. The number of hydrogen-bond acceptors (Lipinski definition) is 1. The van der Waals surface area contributed by atoms with Gasteiger partial charge in [-0.15, -0.1) is 0 Å². The van der Waals surface area contributed by atoms with Gasteiger partial charge in [0.15, 0.2) is 0 Å². The van der Waals surface area contributed by atoms with Crippen molar-refractivity contribution in [1.82, 2.24) is 0 Å². The number of rotatable bonds is 3. The van der Waals surface area contributed by atoms with Gasteiger partial charge in [0.05, 0.1) is 6.10 Å². The minimum Gasteiger partial charge on any atom is -0.388 e. The summed E-state index contributed by atoms with van der Waals surface area (Å²) in [6, 6.07) is 8.21. The molecule has 15 heavy (non-hydrogen) atoms. The third-order valence-corrected chi connectivity index (χ3v) is 2.02. The van der Waals surface area contributed by atoms with Crippen LogP contribution in [-0.4, -0.2) is 11.3 Å². The van der Waals surface area contributed by atoms with Crippen LogP contribution in [0.4, 0.5) is 13.2 Å². The fourth-order valence-corrected chi connectivity index (χ4v) is 1.14. The second kappa shape index (κ2) is 4.49. The third kappa shape index (κ3) is 3.40. The zero-order chi connectivity index (χ0) is 11.5. The largest absolute Gasteiger partial charge is 0.412 e. The van der Waals surface area contributed by atoms with Gasteiger partial charge in [0.2, 0.25) is 0 Å². The highest BCUT2D eigenvalue weighted by Gasteiger charge is 2.32. The predicted molar refractivity (Wildman–Crippen MR) is 51.2 cm³/mol. The normalized spacial score (nSPS) is 13.6. The number of aliphatic hydroxyl groups excluding tert-OH is 1. The van der Waals surface area contributed by atoms with Crippen LogP contribution in [0, 0.1) is 0 Å². The quantitative estimate of drug-likeness (QED) is 0.769. The maximum atomic E-state index is 12.1. The molecule has 1 aromatic rings. The standard InChI is InChI=1S/C11H11F3O/c1-8(11(12,13)14)7-10(15)9-5-3-2-4-6-9/h2-6,10,15H,1,7H2. The van der Waals surface area contributed by atoms with Crippen LogP contribution in [0.25, 0.3) is 0 Å². The molecular formula is C11H11F3O. The van der Waals surface area contributed by atoms with Crippen LogP contribution in [0.15, 0.2) is 42.5 Å². The molecule has 1 nitrogen and oxygen atoms in total. The highest BCUT2D eigenvalue weighted by atomic mass is 19.4. The van der Waals surface area contributed by atoms with Gasteiger partial charge < -0.3 is 5.11 Å². The Morgan fingerprint density at radius 2 is 1.80 bits per heavy atom. The summed E-state index contributed by atoms with van der Waals surface area (Å²) in [5.41, 5.74) is -0.457. The van der Waals surface area contributed by atoms with E-state index in [0.717, 1.165) is 0 Å². The van der Waals surface area contributed by atoms with Crippen molar-refractivity contribution in [2.24, 2.45) is 0 Å². The third-order valence-electron chi connectivity index (χ3n) is 2.02. The molecule has 1 rings (SSSR count). The molecule has 1 unspecified atom stereocenters. The monoisotopic (exact) mass is 216 g/mol. The molecule has 1 N–H and O–H groups in total. The SMILES string of the molecule is C=C(CC(O)c1ccccc1)C(F)(F)F. The fourth-order valence-electron chi connectivity index (χ4n) is 1.14. The number of aliphatic hydroxyl groups is 1. The van der Waals surface area contributed by atoms with E-state index >= 15 is 0 Å². The highest BCUT2D eigenvalue weighted by molar-refractivity contribution is 5.19. The van der Waals surface area contributed by atoms with Crippen LogP contribution in [0.3, 0.4) is 0 Å². The summed E-state index contributed by atoms with van der Waals surface area (Å²) in [5.74, 6) is 0. The predicted octanol–water partition coefficient (Wildman–Crippen LogP) is 3.23. The molecule has 4 heteroatoms. The summed E-state index contributed by atoms with van der Waals surface area (Å²) < 4.78 is 36.3. The first-order valence-corrected chi connectivity index (χ1v) is 4.39. The number of benzene rings is 1.